The maximum atomic E-state index is 12.4. The average Bonchev–Trinajstić information content (AvgIpc) is 2.70. The molecular formula is C21H18BrN3O4. The first-order valence-electron chi connectivity index (χ1n) is 8.82. The summed E-state index contributed by atoms with van der Waals surface area (Å²) in [5.74, 6) is -0.705. The first kappa shape index (κ1) is 20.5. The highest BCUT2D eigenvalue weighted by atomic mass is 79.9. The lowest BCUT2D eigenvalue weighted by molar-refractivity contribution is -0.124. The van der Waals surface area contributed by atoms with Gasteiger partial charge in [0.1, 0.15) is 11.8 Å². The van der Waals surface area contributed by atoms with Gasteiger partial charge in [-0.25, -0.2) is 5.43 Å². The fraction of sp³-hybridized carbons (Fsp3) is 0.143. The van der Waals surface area contributed by atoms with Crippen molar-refractivity contribution in [3.63, 3.8) is 0 Å². The maximum Gasteiger partial charge on any atom is 0.240 e. The van der Waals surface area contributed by atoms with Crippen LogP contribution in [0.25, 0.3) is 11.0 Å². The van der Waals surface area contributed by atoms with Crippen LogP contribution in [0.3, 0.4) is 0 Å². The van der Waals surface area contributed by atoms with Crippen LogP contribution in [-0.4, -0.2) is 18.0 Å². The van der Waals surface area contributed by atoms with Crippen LogP contribution >= 0.6 is 15.9 Å². The predicted molar refractivity (Wildman–Crippen MR) is 115 cm³/mol. The summed E-state index contributed by atoms with van der Waals surface area (Å²) in [5, 5.41) is 6.91. The molecule has 3 aromatic rings. The van der Waals surface area contributed by atoms with Crippen molar-refractivity contribution in [3.05, 3.63) is 74.6 Å². The molecule has 1 heterocycles. The fourth-order valence-corrected chi connectivity index (χ4v) is 2.86. The lowest BCUT2D eigenvalue weighted by atomic mass is 10.2. The highest BCUT2D eigenvalue weighted by molar-refractivity contribution is 9.10. The standard InChI is InChI=1S/C21H18BrN3O4/c1-13-2-5-16(6-3-13)24-19(26)8-9-20(27)25-23-11-14-12-29-18-10-15(22)4-7-17(18)21(14)28/h2-7,10-12H,8-9H2,1H3,(H,24,26)(H,25,27). The van der Waals surface area contributed by atoms with Crippen molar-refractivity contribution in [1.82, 2.24) is 5.43 Å². The molecule has 29 heavy (non-hydrogen) atoms. The van der Waals surface area contributed by atoms with Crippen LogP contribution in [0.5, 0.6) is 0 Å². The van der Waals surface area contributed by atoms with E-state index in [0.29, 0.717) is 16.7 Å². The van der Waals surface area contributed by atoms with Crippen molar-refractivity contribution >= 4 is 50.6 Å². The van der Waals surface area contributed by atoms with Crippen LogP contribution in [0.15, 0.2) is 67.5 Å². The van der Waals surface area contributed by atoms with Gasteiger partial charge in [-0.1, -0.05) is 33.6 Å². The molecule has 0 radical (unpaired) electrons. The zero-order valence-corrected chi connectivity index (χ0v) is 17.2. The van der Waals surface area contributed by atoms with E-state index in [1.807, 2.05) is 19.1 Å². The van der Waals surface area contributed by atoms with E-state index in [0.717, 1.165) is 10.0 Å². The molecule has 2 amide bonds. The molecule has 7 nitrogen and oxygen atoms in total. The molecule has 0 aliphatic rings. The Morgan fingerprint density at radius 2 is 1.83 bits per heavy atom. The van der Waals surface area contributed by atoms with Gasteiger partial charge in [-0.15, -0.1) is 0 Å². The summed E-state index contributed by atoms with van der Waals surface area (Å²) in [5.41, 5.74) is 4.47. The Hall–Kier alpha value is -3.26. The van der Waals surface area contributed by atoms with E-state index in [2.05, 4.69) is 31.8 Å². The second-order valence-corrected chi connectivity index (χ2v) is 7.28. The minimum absolute atomic E-state index is 0.0161. The van der Waals surface area contributed by atoms with Crippen LogP contribution in [0, 0.1) is 6.92 Å². The van der Waals surface area contributed by atoms with Crippen LogP contribution in [0.4, 0.5) is 5.69 Å². The molecule has 0 fully saturated rings. The summed E-state index contributed by atoms with van der Waals surface area (Å²) in [4.78, 5) is 36.2. The first-order valence-corrected chi connectivity index (χ1v) is 9.61. The Bertz CT molecular complexity index is 1140. The topological polar surface area (TPSA) is 101 Å². The van der Waals surface area contributed by atoms with Crippen molar-refractivity contribution in [2.24, 2.45) is 5.10 Å². The Labute approximate surface area is 174 Å². The van der Waals surface area contributed by atoms with Crippen molar-refractivity contribution in [2.75, 3.05) is 5.32 Å². The molecule has 0 bridgehead atoms. The minimum atomic E-state index is -0.436. The average molecular weight is 456 g/mol. The highest BCUT2D eigenvalue weighted by Gasteiger charge is 2.08. The molecule has 0 aliphatic heterocycles. The van der Waals surface area contributed by atoms with Gasteiger partial charge in [-0.3, -0.25) is 14.4 Å². The zero-order chi connectivity index (χ0) is 20.8. The van der Waals surface area contributed by atoms with Gasteiger partial charge in [0.2, 0.25) is 17.2 Å². The van der Waals surface area contributed by atoms with Crippen LogP contribution in [-0.2, 0) is 9.59 Å². The van der Waals surface area contributed by atoms with Crippen LogP contribution in [0.2, 0.25) is 0 Å². The monoisotopic (exact) mass is 455 g/mol. The molecule has 0 atom stereocenters. The number of benzene rings is 2. The molecule has 0 unspecified atom stereocenters. The molecule has 0 spiro atoms. The van der Waals surface area contributed by atoms with E-state index in [4.69, 9.17) is 4.42 Å². The Morgan fingerprint density at radius 3 is 2.59 bits per heavy atom. The van der Waals surface area contributed by atoms with E-state index in [1.165, 1.54) is 12.5 Å². The summed E-state index contributed by atoms with van der Waals surface area (Å²) in [6, 6.07) is 12.5. The van der Waals surface area contributed by atoms with E-state index in [1.54, 1.807) is 30.3 Å². The van der Waals surface area contributed by atoms with Crippen molar-refractivity contribution < 1.29 is 14.0 Å². The molecular weight excluding hydrogens is 438 g/mol. The van der Waals surface area contributed by atoms with Gasteiger partial charge < -0.3 is 9.73 Å². The maximum absolute atomic E-state index is 12.4. The summed E-state index contributed by atoms with van der Waals surface area (Å²) in [6.07, 6.45) is 2.48. The quantitative estimate of drug-likeness (QED) is 0.436. The lowest BCUT2D eigenvalue weighted by Gasteiger charge is -2.05. The Morgan fingerprint density at radius 1 is 1.10 bits per heavy atom. The number of hydrogen-bond acceptors (Lipinski definition) is 5. The van der Waals surface area contributed by atoms with Crippen molar-refractivity contribution in [2.45, 2.75) is 19.8 Å². The zero-order valence-electron chi connectivity index (χ0n) is 15.6. The molecule has 1 aromatic heterocycles. The van der Waals surface area contributed by atoms with Crippen molar-refractivity contribution in [1.29, 1.82) is 0 Å². The largest absolute Gasteiger partial charge is 0.463 e. The van der Waals surface area contributed by atoms with Gasteiger partial charge in [0, 0.05) is 23.0 Å². The third kappa shape index (κ3) is 5.61. The number of aryl methyl sites for hydroxylation is 1. The molecule has 148 valence electrons. The van der Waals surface area contributed by atoms with Crippen LogP contribution < -0.4 is 16.2 Å². The number of carbonyl (C=O) groups excluding carboxylic acids is 2. The number of halogens is 1. The first-order chi connectivity index (χ1) is 13.9. The molecule has 8 heteroatoms. The fourth-order valence-electron chi connectivity index (χ4n) is 2.52. The minimum Gasteiger partial charge on any atom is -0.463 e. The molecule has 2 N–H and O–H groups in total. The number of anilines is 1. The van der Waals surface area contributed by atoms with Gasteiger partial charge in [-0.2, -0.15) is 5.10 Å². The molecule has 3 rings (SSSR count). The predicted octanol–water partition coefficient (Wildman–Crippen LogP) is 3.73. The normalized spacial score (nSPS) is 11.0. The van der Waals surface area contributed by atoms with E-state index in [-0.39, 0.29) is 29.7 Å². The second kappa shape index (κ2) is 9.29. The summed E-state index contributed by atoms with van der Waals surface area (Å²) < 4.78 is 6.22. The Kier molecular flexibility index (Phi) is 6.56. The van der Waals surface area contributed by atoms with Gasteiger partial charge in [-0.05, 0) is 37.3 Å². The number of rotatable bonds is 6. The van der Waals surface area contributed by atoms with Gasteiger partial charge in [0.15, 0.2) is 0 Å². The summed E-state index contributed by atoms with van der Waals surface area (Å²) >= 11 is 3.32. The number of amides is 2. The summed E-state index contributed by atoms with van der Waals surface area (Å²) in [7, 11) is 0. The molecule has 0 saturated heterocycles. The number of hydrazone groups is 1. The van der Waals surface area contributed by atoms with E-state index < -0.39 is 5.91 Å². The second-order valence-electron chi connectivity index (χ2n) is 6.37. The molecule has 2 aromatic carbocycles. The Balaban J connectivity index is 1.52. The van der Waals surface area contributed by atoms with Gasteiger partial charge in [0.05, 0.1) is 17.2 Å². The van der Waals surface area contributed by atoms with E-state index in [9.17, 15) is 14.4 Å². The number of fused-ring (bicyclic) bond motifs is 1. The number of nitrogens with zero attached hydrogens (tertiary/aromatic N) is 1. The third-order valence-electron chi connectivity index (χ3n) is 4.07. The van der Waals surface area contributed by atoms with E-state index >= 15 is 0 Å². The van der Waals surface area contributed by atoms with Gasteiger partial charge >= 0.3 is 0 Å². The molecule has 0 saturated carbocycles. The SMILES string of the molecule is Cc1ccc(NC(=O)CCC(=O)NN=Cc2coc3cc(Br)ccc3c2=O)cc1. The van der Waals surface area contributed by atoms with Crippen LogP contribution in [0.1, 0.15) is 24.0 Å². The van der Waals surface area contributed by atoms with Crippen molar-refractivity contribution in [3.8, 4) is 0 Å². The lowest BCUT2D eigenvalue weighted by Crippen LogP contribution is -2.21. The number of nitrogens with one attached hydrogen (secondary N) is 2. The highest BCUT2D eigenvalue weighted by Crippen LogP contribution is 2.17. The third-order valence-corrected chi connectivity index (χ3v) is 4.56. The van der Waals surface area contributed by atoms with Gasteiger partial charge in [0.25, 0.3) is 0 Å². The summed E-state index contributed by atoms with van der Waals surface area (Å²) in [6.45, 7) is 1.96. The smallest absolute Gasteiger partial charge is 0.240 e. The number of hydrogen-bond donors (Lipinski definition) is 2. The molecule has 0 aliphatic carbocycles. The number of carbonyl (C=O) groups is 2.